The summed E-state index contributed by atoms with van der Waals surface area (Å²) in [5.41, 5.74) is 2.85. The van der Waals surface area contributed by atoms with Gasteiger partial charge >= 0.3 is 0 Å². The standard InChI is InChI=1S/C14H23N/c1-3-5-11-15-12-14-9-7-13(6-4-2)8-10-14/h7-10,15H,3-6,11-12H2,1-2H3. The summed E-state index contributed by atoms with van der Waals surface area (Å²) < 4.78 is 0. The van der Waals surface area contributed by atoms with Gasteiger partial charge in [-0.05, 0) is 30.5 Å². The van der Waals surface area contributed by atoms with Crippen molar-refractivity contribution in [3.05, 3.63) is 35.4 Å². The summed E-state index contributed by atoms with van der Waals surface area (Å²) in [6.45, 7) is 6.58. The van der Waals surface area contributed by atoms with Crippen LogP contribution in [0.15, 0.2) is 24.3 Å². The second kappa shape index (κ2) is 7.47. The zero-order chi connectivity index (χ0) is 10.9. The van der Waals surface area contributed by atoms with Crippen LogP contribution in [-0.4, -0.2) is 6.54 Å². The third-order valence-corrected chi connectivity index (χ3v) is 2.60. The minimum atomic E-state index is 1.01. The van der Waals surface area contributed by atoms with Gasteiger partial charge in [0.25, 0.3) is 0 Å². The largest absolute Gasteiger partial charge is 0.313 e. The van der Waals surface area contributed by atoms with Gasteiger partial charge in [-0.15, -0.1) is 0 Å². The molecule has 0 saturated heterocycles. The molecule has 1 aromatic rings. The Bertz CT molecular complexity index is 251. The predicted octanol–water partition coefficient (Wildman–Crippen LogP) is 3.53. The Kier molecular flexibility index (Phi) is 6.10. The first-order valence-electron chi connectivity index (χ1n) is 6.15. The van der Waals surface area contributed by atoms with Gasteiger partial charge in [0.05, 0.1) is 0 Å². The third-order valence-electron chi connectivity index (χ3n) is 2.60. The Balaban J connectivity index is 2.29. The quantitative estimate of drug-likeness (QED) is 0.671. The molecule has 0 fully saturated rings. The molecular weight excluding hydrogens is 182 g/mol. The Hall–Kier alpha value is -0.820. The first-order valence-corrected chi connectivity index (χ1v) is 6.15. The second-order valence-electron chi connectivity index (χ2n) is 4.10. The van der Waals surface area contributed by atoms with E-state index in [2.05, 4.69) is 43.4 Å². The van der Waals surface area contributed by atoms with Gasteiger partial charge in [0.1, 0.15) is 0 Å². The maximum absolute atomic E-state index is 3.45. The van der Waals surface area contributed by atoms with E-state index in [1.54, 1.807) is 0 Å². The molecule has 0 aliphatic heterocycles. The molecule has 1 N–H and O–H groups in total. The zero-order valence-electron chi connectivity index (χ0n) is 10.1. The molecule has 1 heteroatoms. The molecule has 15 heavy (non-hydrogen) atoms. The van der Waals surface area contributed by atoms with Crippen LogP contribution in [-0.2, 0) is 13.0 Å². The predicted molar refractivity (Wildman–Crippen MR) is 67.1 cm³/mol. The van der Waals surface area contributed by atoms with Gasteiger partial charge in [0, 0.05) is 6.54 Å². The fourth-order valence-electron chi connectivity index (χ4n) is 1.65. The summed E-state index contributed by atoms with van der Waals surface area (Å²) in [5, 5.41) is 3.45. The van der Waals surface area contributed by atoms with Crippen molar-refractivity contribution < 1.29 is 0 Å². The lowest BCUT2D eigenvalue weighted by atomic mass is 10.1. The van der Waals surface area contributed by atoms with Gasteiger partial charge in [-0.3, -0.25) is 0 Å². The van der Waals surface area contributed by atoms with Crippen LogP contribution >= 0.6 is 0 Å². The number of hydrogen-bond donors (Lipinski definition) is 1. The molecule has 0 amide bonds. The van der Waals surface area contributed by atoms with Crippen molar-refractivity contribution >= 4 is 0 Å². The summed E-state index contributed by atoms with van der Waals surface area (Å²) in [6, 6.07) is 8.98. The Morgan fingerprint density at radius 3 is 2.20 bits per heavy atom. The molecule has 1 nitrogen and oxygen atoms in total. The normalized spacial score (nSPS) is 10.5. The first kappa shape index (κ1) is 12.3. The molecule has 1 aromatic carbocycles. The molecule has 0 unspecified atom stereocenters. The molecule has 0 radical (unpaired) electrons. The van der Waals surface area contributed by atoms with Gasteiger partial charge in [-0.25, -0.2) is 0 Å². The fourth-order valence-corrected chi connectivity index (χ4v) is 1.65. The van der Waals surface area contributed by atoms with Crippen molar-refractivity contribution in [3.8, 4) is 0 Å². The lowest BCUT2D eigenvalue weighted by Crippen LogP contribution is -2.14. The highest BCUT2D eigenvalue weighted by molar-refractivity contribution is 5.22. The number of benzene rings is 1. The van der Waals surface area contributed by atoms with Gasteiger partial charge in [-0.2, -0.15) is 0 Å². The van der Waals surface area contributed by atoms with E-state index in [1.807, 2.05) is 0 Å². The van der Waals surface area contributed by atoms with Crippen LogP contribution < -0.4 is 5.32 Å². The average molecular weight is 205 g/mol. The SMILES string of the molecule is CCCCNCc1ccc(CCC)cc1. The molecule has 0 bridgehead atoms. The van der Waals surface area contributed by atoms with E-state index in [0.29, 0.717) is 0 Å². The Morgan fingerprint density at radius 2 is 1.60 bits per heavy atom. The summed E-state index contributed by atoms with van der Waals surface area (Å²) >= 11 is 0. The van der Waals surface area contributed by atoms with Crippen LogP contribution in [0.1, 0.15) is 44.2 Å². The molecular formula is C14H23N. The van der Waals surface area contributed by atoms with E-state index in [4.69, 9.17) is 0 Å². The molecule has 0 atom stereocenters. The Morgan fingerprint density at radius 1 is 0.933 bits per heavy atom. The minimum Gasteiger partial charge on any atom is -0.313 e. The van der Waals surface area contributed by atoms with E-state index in [-0.39, 0.29) is 0 Å². The number of aryl methyl sites for hydroxylation is 1. The topological polar surface area (TPSA) is 12.0 Å². The van der Waals surface area contributed by atoms with Gasteiger partial charge in [-0.1, -0.05) is 51.0 Å². The first-order chi connectivity index (χ1) is 7.36. The van der Waals surface area contributed by atoms with E-state index < -0.39 is 0 Å². The third kappa shape index (κ3) is 4.98. The van der Waals surface area contributed by atoms with Crippen LogP contribution in [0, 0.1) is 0 Å². The minimum absolute atomic E-state index is 1.01. The van der Waals surface area contributed by atoms with Crippen LogP contribution in [0.4, 0.5) is 0 Å². The number of unbranched alkanes of at least 4 members (excludes halogenated alkanes) is 1. The lowest BCUT2D eigenvalue weighted by molar-refractivity contribution is 0.641. The average Bonchev–Trinajstić information content (AvgIpc) is 2.27. The molecule has 0 aliphatic carbocycles. The number of hydrogen-bond acceptors (Lipinski definition) is 1. The van der Waals surface area contributed by atoms with E-state index in [9.17, 15) is 0 Å². The van der Waals surface area contributed by atoms with Crippen molar-refractivity contribution in [1.82, 2.24) is 5.32 Å². The summed E-state index contributed by atoms with van der Waals surface area (Å²) in [5.74, 6) is 0. The van der Waals surface area contributed by atoms with E-state index in [0.717, 1.165) is 13.1 Å². The van der Waals surface area contributed by atoms with Crippen LogP contribution in [0.2, 0.25) is 0 Å². The highest BCUT2D eigenvalue weighted by Crippen LogP contribution is 2.06. The van der Waals surface area contributed by atoms with Gasteiger partial charge in [0.2, 0.25) is 0 Å². The number of nitrogens with one attached hydrogen (secondary N) is 1. The Labute approximate surface area is 93.9 Å². The molecule has 1 rings (SSSR count). The lowest BCUT2D eigenvalue weighted by Gasteiger charge is -2.05. The van der Waals surface area contributed by atoms with Crippen molar-refractivity contribution in [3.63, 3.8) is 0 Å². The van der Waals surface area contributed by atoms with Crippen LogP contribution in [0.25, 0.3) is 0 Å². The molecule has 0 heterocycles. The molecule has 0 aliphatic rings. The zero-order valence-corrected chi connectivity index (χ0v) is 10.1. The maximum Gasteiger partial charge on any atom is 0.0205 e. The van der Waals surface area contributed by atoms with Crippen molar-refractivity contribution in [2.45, 2.75) is 46.1 Å². The summed E-state index contributed by atoms with van der Waals surface area (Å²) in [4.78, 5) is 0. The van der Waals surface area contributed by atoms with Crippen molar-refractivity contribution in [1.29, 1.82) is 0 Å². The summed E-state index contributed by atoms with van der Waals surface area (Å²) in [7, 11) is 0. The maximum atomic E-state index is 3.45. The monoisotopic (exact) mass is 205 g/mol. The second-order valence-corrected chi connectivity index (χ2v) is 4.10. The van der Waals surface area contributed by atoms with Crippen molar-refractivity contribution in [2.75, 3.05) is 6.54 Å². The molecule has 84 valence electrons. The number of rotatable bonds is 7. The van der Waals surface area contributed by atoms with Crippen LogP contribution in [0.3, 0.4) is 0 Å². The highest BCUT2D eigenvalue weighted by atomic mass is 14.8. The molecule has 0 spiro atoms. The van der Waals surface area contributed by atoms with Gasteiger partial charge < -0.3 is 5.32 Å². The fraction of sp³-hybridized carbons (Fsp3) is 0.571. The highest BCUT2D eigenvalue weighted by Gasteiger charge is 1.93. The van der Waals surface area contributed by atoms with E-state index >= 15 is 0 Å². The van der Waals surface area contributed by atoms with Crippen LogP contribution in [0.5, 0.6) is 0 Å². The van der Waals surface area contributed by atoms with Crippen molar-refractivity contribution in [2.24, 2.45) is 0 Å². The van der Waals surface area contributed by atoms with E-state index in [1.165, 1.54) is 36.8 Å². The smallest absolute Gasteiger partial charge is 0.0205 e. The van der Waals surface area contributed by atoms with Gasteiger partial charge in [0.15, 0.2) is 0 Å². The molecule has 0 saturated carbocycles. The molecule has 0 aromatic heterocycles. The summed E-state index contributed by atoms with van der Waals surface area (Å²) in [6.07, 6.45) is 4.97.